The molecule has 0 heterocycles. The molecule has 1 rings (SSSR count). The van der Waals surface area contributed by atoms with Crippen molar-refractivity contribution in [3.8, 4) is 0 Å². The maximum atomic E-state index is 11.9. The van der Waals surface area contributed by atoms with Gasteiger partial charge in [0, 0.05) is 16.1 Å². The lowest BCUT2D eigenvalue weighted by Gasteiger charge is -2.18. The van der Waals surface area contributed by atoms with E-state index in [9.17, 15) is 9.59 Å². The standard InChI is InChI=1S/C15H17Cl2NO3/c1-9(2)14(15(20)21-3)18-13(19)7-4-10-8-11(16)5-6-12(10)17/h4-9,14H,1-3H3,(H,18,19)/b7-4+. The van der Waals surface area contributed by atoms with Crippen molar-refractivity contribution in [3.05, 3.63) is 39.9 Å². The van der Waals surface area contributed by atoms with Crippen molar-refractivity contribution in [2.45, 2.75) is 19.9 Å². The monoisotopic (exact) mass is 329 g/mol. The fourth-order valence-electron chi connectivity index (χ4n) is 1.63. The lowest BCUT2D eigenvalue weighted by molar-refractivity contribution is -0.145. The van der Waals surface area contributed by atoms with Crippen molar-refractivity contribution in [1.29, 1.82) is 0 Å². The highest BCUT2D eigenvalue weighted by atomic mass is 35.5. The molecule has 0 spiro atoms. The summed E-state index contributed by atoms with van der Waals surface area (Å²) in [5.74, 6) is -0.966. The van der Waals surface area contributed by atoms with Crippen LogP contribution >= 0.6 is 23.2 Å². The Balaban J connectivity index is 2.78. The Kier molecular flexibility index (Phi) is 6.72. The normalized spacial score (nSPS) is 12.5. The molecular weight excluding hydrogens is 313 g/mol. The van der Waals surface area contributed by atoms with E-state index in [2.05, 4.69) is 10.1 Å². The first-order chi connectivity index (χ1) is 9.85. The van der Waals surface area contributed by atoms with Crippen LogP contribution in [0.3, 0.4) is 0 Å². The van der Waals surface area contributed by atoms with Crippen molar-refractivity contribution < 1.29 is 14.3 Å². The van der Waals surface area contributed by atoms with Crippen LogP contribution in [0.25, 0.3) is 6.08 Å². The van der Waals surface area contributed by atoms with Gasteiger partial charge in [-0.25, -0.2) is 4.79 Å². The van der Waals surface area contributed by atoms with Crippen LogP contribution in [0, 0.1) is 5.92 Å². The summed E-state index contributed by atoms with van der Waals surface area (Å²) in [5, 5.41) is 3.60. The van der Waals surface area contributed by atoms with Gasteiger partial charge in [-0.15, -0.1) is 0 Å². The molecule has 0 aliphatic rings. The molecule has 0 bridgehead atoms. The first-order valence-electron chi connectivity index (χ1n) is 6.36. The van der Waals surface area contributed by atoms with E-state index in [0.717, 1.165) is 0 Å². The Morgan fingerprint density at radius 2 is 1.95 bits per heavy atom. The van der Waals surface area contributed by atoms with E-state index in [4.69, 9.17) is 23.2 Å². The summed E-state index contributed by atoms with van der Waals surface area (Å²) in [4.78, 5) is 23.4. The van der Waals surface area contributed by atoms with Gasteiger partial charge in [0.05, 0.1) is 7.11 Å². The molecule has 1 aromatic rings. The smallest absolute Gasteiger partial charge is 0.328 e. The predicted molar refractivity (Wildman–Crippen MR) is 84.3 cm³/mol. The molecule has 114 valence electrons. The van der Waals surface area contributed by atoms with Crippen LogP contribution in [0.15, 0.2) is 24.3 Å². The van der Waals surface area contributed by atoms with Gasteiger partial charge >= 0.3 is 5.97 Å². The summed E-state index contributed by atoms with van der Waals surface area (Å²) in [6.07, 6.45) is 2.84. The quantitative estimate of drug-likeness (QED) is 0.666. The molecule has 0 fully saturated rings. The third kappa shape index (κ3) is 5.40. The van der Waals surface area contributed by atoms with Gasteiger partial charge < -0.3 is 10.1 Å². The second-order valence-electron chi connectivity index (χ2n) is 4.75. The van der Waals surface area contributed by atoms with Gasteiger partial charge in [-0.05, 0) is 35.8 Å². The second kappa shape index (κ2) is 8.05. The molecule has 1 unspecified atom stereocenters. The molecule has 0 radical (unpaired) electrons. The van der Waals surface area contributed by atoms with Crippen LogP contribution in [0.5, 0.6) is 0 Å². The minimum Gasteiger partial charge on any atom is -0.467 e. The van der Waals surface area contributed by atoms with E-state index in [1.54, 1.807) is 18.2 Å². The summed E-state index contributed by atoms with van der Waals surface area (Å²) in [6, 6.07) is 4.26. The van der Waals surface area contributed by atoms with Gasteiger partial charge in [-0.3, -0.25) is 4.79 Å². The Morgan fingerprint density at radius 1 is 1.29 bits per heavy atom. The van der Waals surface area contributed by atoms with E-state index < -0.39 is 17.9 Å². The van der Waals surface area contributed by atoms with E-state index in [1.165, 1.54) is 19.3 Å². The number of esters is 1. The average molecular weight is 330 g/mol. The van der Waals surface area contributed by atoms with Crippen molar-refractivity contribution >= 4 is 41.2 Å². The Morgan fingerprint density at radius 3 is 2.52 bits per heavy atom. The zero-order chi connectivity index (χ0) is 16.0. The molecule has 6 heteroatoms. The molecule has 21 heavy (non-hydrogen) atoms. The van der Waals surface area contributed by atoms with Crippen LogP contribution in [-0.2, 0) is 14.3 Å². The summed E-state index contributed by atoms with van der Waals surface area (Å²) in [7, 11) is 1.28. The number of amides is 1. The molecule has 1 atom stereocenters. The van der Waals surface area contributed by atoms with Crippen LogP contribution < -0.4 is 5.32 Å². The first-order valence-corrected chi connectivity index (χ1v) is 7.12. The Bertz CT molecular complexity index is 556. The Labute approximate surface area is 134 Å². The number of ether oxygens (including phenoxy) is 1. The van der Waals surface area contributed by atoms with Crippen LogP contribution in [0.1, 0.15) is 19.4 Å². The van der Waals surface area contributed by atoms with Crippen molar-refractivity contribution in [3.63, 3.8) is 0 Å². The molecule has 0 aromatic heterocycles. The maximum absolute atomic E-state index is 11.9. The van der Waals surface area contributed by atoms with E-state index in [0.29, 0.717) is 15.6 Å². The highest BCUT2D eigenvalue weighted by Gasteiger charge is 2.23. The number of hydrogen-bond acceptors (Lipinski definition) is 3. The number of benzene rings is 1. The number of rotatable bonds is 5. The number of halogens is 2. The van der Waals surface area contributed by atoms with Gasteiger partial charge in [0.15, 0.2) is 0 Å². The predicted octanol–water partition coefficient (Wildman–Crippen LogP) is 3.32. The summed E-state index contributed by atoms with van der Waals surface area (Å²) in [6.45, 7) is 3.64. The summed E-state index contributed by atoms with van der Waals surface area (Å²) >= 11 is 11.9. The SMILES string of the molecule is COC(=O)C(NC(=O)/C=C/c1cc(Cl)ccc1Cl)C(C)C. The number of carbonyl (C=O) groups excluding carboxylic acids is 2. The van der Waals surface area contributed by atoms with Gasteiger partial charge in [0.25, 0.3) is 0 Å². The minimum absolute atomic E-state index is 0.0791. The lowest BCUT2D eigenvalue weighted by atomic mass is 10.0. The molecule has 0 saturated heterocycles. The van der Waals surface area contributed by atoms with Gasteiger partial charge in [0.1, 0.15) is 6.04 Å². The molecular formula is C15H17Cl2NO3. The molecule has 1 N–H and O–H groups in total. The van der Waals surface area contributed by atoms with Crippen molar-refractivity contribution in [2.75, 3.05) is 7.11 Å². The zero-order valence-electron chi connectivity index (χ0n) is 12.0. The molecule has 1 aromatic carbocycles. The number of hydrogen-bond donors (Lipinski definition) is 1. The number of nitrogens with one attached hydrogen (secondary N) is 1. The lowest BCUT2D eigenvalue weighted by Crippen LogP contribution is -2.44. The third-order valence-corrected chi connectivity index (χ3v) is 3.37. The molecule has 1 amide bonds. The van der Waals surface area contributed by atoms with E-state index in [-0.39, 0.29) is 5.92 Å². The van der Waals surface area contributed by atoms with Gasteiger partial charge in [-0.2, -0.15) is 0 Å². The first kappa shape index (κ1) is 17.5. The third-order valence-electron chi connectivity index (χ3n) is 2.79. The average Bonchev–Trinajstić information content (AvgIpc) is 2.44. The minimum atomic E-state index is -0.693. The largest absolute Gasteiger partial charge is 0.467 e. The highest BCUT2D eigenvalue weighted by Crippen LogP contribution is 2.21. The van der Waals surface area contributed by atoms with E-state index in [1.807, 2.05) is 13.8 Å². The Hall–Kier alpha value is -1.52. The van der Waals surface area contributed by atoms with Crippen LogP contribution in [0.2, 0.25) is 10.0 Å². The fraction of sp³-hybridized carbons (Fsp3) is 0.333. The topological polar surface area (TPSA) is 55.4 Å². The van der Waals surface area contributed by atoms with Crippen molar-refractivity contribution in [1.82, 2.24) is 5.32 Å². The molecule has 4 nitrogen and oxygen atoms in total. The van der Waals surface area contributed by atoms with Gasteiger partial charge in [-0.1, -0.05) is 37.0 Å². The summed E-state index contributed by atoms with van der Waals surface area (Å²) < 4.78 is 4.66. The zero-order valence-corrected chi connectivity index (χ0v) is 13.5. The number of methoxy groups -OCH3 is 1. The number of carbonyl (C=O) groups is 2. The van der Waals surface area contributed by atoms with Crippen LogP contribution in [0.4, 0.5) is 0 Å². The van der Waals surface area contributed by atoms with E-state index >= 15 is 0 Å². The summed E-state index contributed by atoms with van der Waals surface area (Å²) in [5.41, 5.74) is 0.624. The molecule has 0 aliphatic carbocycles. The maximum Gasteiger partial charge on any atom is 0.328 e. The van der Waals surface area contributed by atoms with Crippen molar-refractivity contribution in [2.24, 2.45) is 5.92 Å². The van der Waals surface area contributed by atoms with Gasteiger partial charge in [0.2, 0.25) is 5.91 Å². The molecule has 0 saturated carbocycles. The molecule has 0 aliphatic heterocycles. The highest BCUT2D eigenvalue weighted by molar-refractivity contribution is 6.34. The fourth-order valence-corrected chi connectivity index (χ4v) is 1.99. The van der Waals surface area contributed by atoms with Crippen LogP contribution in [-0.4, -0.2) is 25.0 Å². The second-order valence-corrected chi connectivity index (χ2v) is 5.60.